The average Bonchev–Trinajstić information content (AvgIpc) is 3.11. The maximum Gasteiger partial charge on any atom is 0.313 e. The number of carbonyl (C=O) groups is 1. The minimum Gasteiger partial charge on any atom is -0.420 e. The predicted molar refractivity (Wildman–Crippen MR) is 163 cm³/mol. The Kier molecular flexibility index (Phi) is 30.0. The largest absolute Gasteiger partial charge is 0.420 e. The van der Waals surface area contributed by atoms with Crippen molar-refractivity contribution < 1.29 is 88.7 Å². The zero-order chi connectivity index (χ0) is 36.5. The molecule has 0 saturated carbocycles. The fourth-order valence-electron chi connectivity index (χ4n) is 3.36. The van der Waals surface area contributed by atoms with Gasteiger partial charge in [-0.2, -0.15) is 8.78 Å². The van der Waals surface area contributed by atoms with Crippen molar-refractivity contribution in [1.29, 1.82) is 0 Å². The van der Waals surface area contributed by atoms with Crippen LogP contribution in [0.4, 0.5) is 22.0 Å². The summed E-state index contributed by atoms with van der Waals surface area (Å²) in [5, 5.41) is 8.57. The molecule has 0 amide bonds. The highest BCUT2D eigenvalue weighted by Crippen LogP contribution is 2.29. The molecule has 0 spiro atoms. The molecule has 0 atom stereocenters. The van der Waals surface area contributed by atoms with E-state index in [2.05, 4.69) is 4.74 Å². The SMILES string of the molecule is O=C(CCOCCOCCOCCOCCOCCOCCOCCOCCOCCOCCOCCO)Oc1c(F)c(F)c(F)c(F)c1F. The molecule has 0 saturated heterocycles. The van der Waals surface area contributed by atoms with Gasteiger partial charge in [-0.1, -0.05) is 0 Å². The van der Waals surface area contributed by atoms with Gasteiger partial charge in [0, 0.05) is 0 Å². The molecular formula is C31H49F5O14. The van der Waals surface area contributed by atoms with Crippen LogP contribution in [-0.4, -0.2) is 163 Å². The number of ether oxygens (including phenoxy) is 12. The smallest absolute Gasteiger partial charge is 0.313 e. The molecule has 50 heavy (non-hydrogen) atoms. The lowest BCUT2D eigenvalue weighted by Gasteiger charge is -2.09. The number of halogens is 5. The molecule has 1 aromatic carbocycles. The van der Waals surface area contributed by atoms with E-state index in [-0.39, 0.29) is 33.0 Å². The van der Waals surface area contributed by atoms with Crippen molar-refractivity contribution in [2.75, 3.05) is 152 Å². The van der Waals surface area contributed by atoms with Gasteiger partial charge >= 0.3 is 5.97 Å². The minimum absolute atomic E-state index is 0.00298. The second kappa shape index (κ2) is 32.7. The third-order valence-electron chi connectivity index (χ3n) is 5.79. The summed E-state index contributed by atoms with van der Waals surface area (Å²) in [5.41, 5.74) is 0. The zero-order valence-electron chi connectivity index (χ0n) is 28.1. The van der Waals surface area contributed by atoms with Crippen LogP contribution in [0.1, 0.15) is 6.42 Å². The Hall–Kier alpha value is -2.14. The average molecular weight is 741 g/mol. The fourth-order valence-corrected chi connectivity index (χ4v) is 3.36. The first kappa shape index (κ1) is 45.9. The highest BCUT2D eigenvalue weighted by Gasteiger charge is 2.28. The first-order chi connectivity index (χ1) is 24.4. The summed E-state index contributed by atoms with van der Waals surface area (Å²) in [6, 6.07) is 0. The molecule has 0 heterocycles. The monoisotopic (exact) mass is 740 g/mol. The second-order valence-electron chi connectivity index (χ2n) is 9.58. The third-order valence-corrected chi connectivity index (χ3v) is 5.79. The van der Waals surface area contributed by atoms with E-state index < -0.39 is 47.2 Å². The van der Waals surface area contributed by atoms with E-state index in [1.165, 1.54) is 0 Å². The summed E-state index contributed by atoms with van der Waals surface area (Å²) in [5.74, 6) is -14.2. The van der Waals surface area contributed by atoms with E-state index in [1.54, 1.807) is 0 Å². The molecule has 0 radical (unpaired) electrons. The normalized spacial score (nSPS) is 11.5. The van der Waals surface area contributed by atoms with E-state index in [0.717, 1.165) is 0 Å². The van der Waals surface area contributed by atoms with Crippen LogP contribution in [0.25, 0.3) is 0 Å². The van der Waals surface area contributed by atoms with Crippen LogP contribution >= 0.6 is 0 Å². The molecule has 14 nitrogen and oxygen atoms in total. The Bertz CT molecular complexity index is 953. The summed E-state index contributed by atoms with van der Waals surface area (Å²) >= 11 is 0. The minimum atomic E-state index is -2.35. The summed E-state index contributed by atoms with van der Waals surface area (Å²) in [6.07, 6.45) is -0.489. The number of hydrogen-bond donors (Lipinski definition) is 1. The molecule has 0 aliphatic rings. The Morgan fingerprint density at radius 2 is 0.580 bits per heavy atom. The quantitative estimate of drug-likeness (QED) is 0.0267. The van der Waals surface area contributed by atoms with Crippen LogP contribution in [0, 0.1) is 29.1 Å². The second-order valence-corrected chi connectivity index (χ2v) is 9.58. The first-order valence-electron chi connectivity index (χ1n) is 16.1. The van der Waals surface area contributed by atoms with E-state index in [1.807, 2.05) is 0 Å². The standard InChI is InChI=1S/C31H49F5O14/c32-26-27(33)29(35)31(30(36)28(26)34)50-25(38)1-3-39-5-7-41-9-11-43-13-15-45-17-19-47-21-23-49-24-22-48-20-18-46-16-14-44-12-10-42-8-6-40-4-2-37/h37H,1-24H2. The lowest BCUT2D eigenvalue weighted by Crippen LogP contribution is -2.16. The van der Waals surface area contributed by atoms with Gasteiger partial charge in [0.25, 0.3) is 0 Å². The molecule has 0 aliphatic heterocycles. The van der Waals surface area contributed by atoms with Gasteiger partial charge in [-0.3, -0.25) is 4.79 Å². The Morgan fingerprint density at radius 3 is 0.840 bits per heavy atom. The maximum atomic E-state index is 13.5. The van der Waals surface area contributed by atoms with Crippen molar-refractivity contribution in [2.24, 2.45) is 0 Å². The third kappa shape index (κ3) is 24.1. The predicted octanol–water partition coefficient (Wildman–Crippen LogP) is 1.85. The highest BCUT2D eigenvalue weighted by atomic mass is 19.2. The van der Waals surface area contributed by atoms with Gasteiger partial charge in [0.15, 0.2) is 0 Å². The highest BCUT2D eigenvalue weighted by molar-refractivity contribution is 5.72. The molecular weight excluding hydrogens is 691 g/mol. The van der Waals surface area contributed by atoms with Gasteiger partial charge in [-0.25, -0.2) is 13.2 Å². The van der Waals surface area contributed by atoms with Gasteiger partial charge < -0.3 is 61.9 Å². The molecule has 1 rings (SSSR count). The molecule has 1 N–H and O–H groups in total. The van der Waals surface area contributed by atoms with Crippen LogP contribution < -0.4 is 4.74 Å². The molecule has 1 aromatic rings. The molecule has 0 bridgehead atoms. The van der Waals surface area contributed by atoms with E-state index in [9.17, 15) is 26.7 Å². The number of benzene rings is 1. The van der Waals surface area contributed by atoms with Gasteiger partial charge in [0.05, 0.1) is 158 Å². The number of hydrogen-bond acceptors (Lipinski definition) is 14. The van der Waals surface area contributed by atoms with Gasteiger partial charge in [0.2, 0.25) is 34.8 Å². The van der Waals surface area contributed by atoms with Crippen molar-refractivity contribution in [3.8, 4) is 5.75 Å². The Balaban J connectivity index is 1.74. The molecule has 0 aliphatic carbocycles. The van der Waals surface area contributed by atoms with E-state index >= 15 is 0 Å². The van der Waals surface area contributed by atoms with Crippen LogP contribution in [0.5, 0.6) is 5.75 Å². The van der Waals surface area contributed by atoms with E-state index in [0.29, 0.717) is 119 Å². The maximum absolute atomic E-state index is 13.5. The van der Waals surface area contributed by atoms with Crippen LogP contribution in [0.3, 0.4) is 0 Å². The van der Waals surface area contributed by atoms with Crippen molar-refractivity contribution in [3.63, 3.8) is 0 Å². The number of aliphatic hydroxyl groups excluding tert-OH is 1. The van der Waals surface area contributed by atoms with Crippen LogP contribution in [-0.2, 0) is 56.9 Å². The lowest BCUT2D eigenvalue weighted by molar-refractivity contribution is -0.136. The van der Waals surface area contributed by atoms with Crippen molar-refractivity contribution >= 4 is 5.97 Å². The van der Waals surface area contributed by atoms with E-state index in [4.69, 9.17) is 57.2 Å². The topological polar surface area (TPSA) is 148 Å². The number of esters is 1. The molecule has 0 unspecified atom stereocenters. The van der Waals surface area contributed by atoms with Gasteiger partial charge in [-0.15, -0.1) is 0 Å². The number of aliphatic hydroxyl groups is 1. The van der Waals surface area contributed by atoms with Crippen molar-refractivity contribution in [2.45, 2.75) is 6.42 Å². The van der Waals surface area contributed by atoms with Crippen molar-refractivity contribution in [3.05, 3.63) is 29.1 Å². The molecule has 0 fully saturated rings. The van der Waals surface area contributed by atoms with Crippen molar-refractivity contribution in [1.82, 2.24) is 0 Å². The van der Waals surface area contributed by atoms with Gasteiger partial charge in [0.1, 0.15) is 0 Å². The summed E-state index contributed by atoms with van der Waals surface area (Å²) in [7, 11) is 0. The summed E-state index contributed by atoms with van der Waals surface area (Å²) < 4.78 is 129. The Morgan fingerprint density at radius 1 is 0.360 bits per heavy atom. The van der Waals surface area contributed by atoms with Crippen LogP contribution in [0.15, 0.2) is 0 Å². The zero-order valence-corrected chi connectivity index (χ0v) is 28.1. The molecule has 0 aromatic heterocycles. The first-order valence-corrected chi connectivity index (χ1v) is 16.1. The Labute approximate surface area is 288 Å². The lowest BCUT2D eigenvalue weighted by atomic mass is 10.2. The van der Waals surface area contributed by atoms with Gasteiger partial charge in [-0.05, 0) is 0 Å². The number of rotatable bonds is 36. The van der Waals surface area contributed by atoms with Crippen LogP contribution in [0.2, 0.25) is 0 Å². The number of carbonyl (C=O) groups excluding carboxylic acids is 1. The molecule has 19 heteroatoms. The summed E-state index contributed by atoms with van der Waals surface area (Å²) in [6.45, 7) is 7.89. The fraction of sp³-hybridized carbons (Fsp3) is 0.774. The summed E-state index contributed by atoms with van der Waals surface area (Å²) in [4.78, 5) is 11.6. The molecule has 292 valence electrons.